The number of carbonyl (C=O) groups is 1. The molecule has 10 heteroatoms. The second-order valence-corrected chi connectivity index (χ2v) is 6.28. The molecule has 0 saturated heterocycles. The van der Waals surface area contributed by atoms with Gasteiger partial charge >= 0.3 is 6.18 Å². The van der Waals surface area contributed by atoms with Gasteiger partial charge in [-0.3, -0.25) is 9.20 Å². The summed E-state index contributed by atoms with van der Waals surface area (Å²) in [5.41, 5.74) is -0.0911. The van der Waals surface area contributed by atoms with Crippen molar-refractivity contribution in [2.24, 2.45) is 0 Å². The first-order chi connectivity index (χ1) is 11.8. The van der Waals surface area contributed by atoms with E-state index in [9.17, 15) is 18.0 Å². The Morgan fingerprint density at radius 3 is 2.80 bits per heavy atom. The van der Waals surface area contributed by atoms with Gasteiger partial charge in [-0.1, -0.05) is 29.4 Å². The van der Waals surface area contributed by atoms with Gasteiger partial charge in [0.05, 0.1) is 28.1 Å². The van der Waals surface area contributed by atoms with Gasteiger partial charge in [-0.05, 0) is 18.2 Å². The summed E-state index contributed by atoms with van der Waals surface area (Å²) in [6.07, 6.45) is -0.432. The number of anilines is 1. The van der Waals surface area contributed by atoms with Gasteiger partial charge in [0, 0.05) is 12.4 Å². The zero-order chi connectivity index (χ0) is 18.0. The largest absolute Gasteiger partial charge is 0.417 e. The number of rotatable bonds is 4. The second-order valence-electron chi connectivity index (χ2n) is 4.93. The fourth-order valence-electron chi connectivity index (χ4n) is 2.01. The van der Waals surface area contributed by atoms with Gasteiger partial charge in [0.25, 0.3) is 0 Å². The highest BCUT2D eigenvalue weighted by molar-refractivity contribution is 7.99. The molecule has 1 amide bonds. The van der Waals surface area contributed by atoms with Crippen molar-refractivity contribution in [2.75, 3.05) is 11.1 Å². The minimum atomic E-state index is -4.54. The Morgan fingerprint density at radius 2 is 2.08 bits per heavy atom. The molecule has 0 spiro atoms. The Labute approximate surface area is 149 Å². The lowest BCUT2D eigenvalue weighted by atomic mass is 10.3. The first-order valence-electron chi connectivity index (χ1n) is 6.92. The number of fused-ring (bicyclic) bond motifs is 1. The Morgan fingerprint density at radius 1 is 1.28 bits per heavy atom. The molecular formula is C15H10ClF3N4OS. The first kappa shape index (κ1) is 17.6. The van der Waals surface area contributed by atoms with Gasteiger partial charge in [0.15, 0.2) is 11.0 Å². The number of nitrogens with zero attached hydrogens (tertiary/aromatic N) is 3. The molecular weight excluding hydrogens is 377 g/mol. The van der Waals surface area contributed by atoms with Gasteiger partial charge < -0.3 is 5.32 Å². The van der Waals surface area contributed by atoms with Gasteiger partial charge in [0.1, 0.15) is 0 Å². The number of nitrogens with one attached hydrogen (secondary N) is 1. The molecule has 0 aliphatic rings. The van der Waals surface area contributed by atoms with E-state index in [-0.39, 0.29) is 16.6 Å². The first-order valence-corrected chi connectivity index (χ1v) is 8.28. The second kappa shape index (κ2) is 6.93. The summed E-state index contributed by atoms with van der Waals surface area (Å²) in [5, 5.41) is 2.74. The average Bonchev–Trinajstić information content (AvgIpc) is 2.97. The van der Waals surface area contributed by atoms with E-state index in [1.807, 2.05) is 28.8 Å². The zero-order valence-corrected chi connectivity index (χ0v) is 14.0. The van der Waals surface area contributed by atoms with Crippen LogP contribution in [-0.4, -0.2) is 26.0 Å². The van der Waals surface area contributed by atoms with Crippen LogP contribution < -0.4 is 5.32 Å². The van der Waals surface area contributed by atoms with Crippen molar-refractivity contribution in [2.45, 2.75) is 11.3 Å². The van der Waals surface area contributed by atoms with Crippen LogP contribution >= 0.6 is 23.4 Å². The molecule has 5 nitrogen and oxygen atoms in total. The lowest BCUT2D eigenvalue weighted by Gasteiger charge is -2.10. The Bertz CT molecular complexity index is 929. The maximum Gasteiger partial charge on any atom is 0.417 e. The molecule has 0 bridgehead atoms. The van der Waals surface area contributed by atoms with E-state index in [1.54, 1.807) is 6.20 Å². The predicted octanol–water partition coefficient (Wildman–Crippen LogP) is 4.13. The third kappa shape index (κ3) is 4.05. The van der Waals surface area contributed by atoms with Gasteiger partial charge in [0.2, 0.25) is 5.91 Å². The molecule has 0 saturated carbocycles. The number of carbonyl (C=O) groups excluding carboxylic acids is 1. The van der Waals surface area contributed by atoms with Crippen molar-refractivity contribution in [1.29, 1.82) is 0 Å². The molecule has 3 rings (SSSR count). The summed E-state index contributed by atoms with van der Waals surface area (Å²) in [6.45, 7) is 0. The van der Waals surface area contributed by atoms with Gasteiger partial charge in [-0.2, -0.15) is 13.2 Å². The number of pyridine rings is 2. The Balaban J connectivity index is 1.65. The molecule has 0 fully saturated rings. The topological polar surface area (TPSA) is 59.3 Å². The zero-order valence-electron chi connectivity index (χ0n) is 12.4. The van der Waals surface area contributed by atoms with Crippen LogP contribution in [0.15, 0.2) is 48.0 Å². The quantitative estimate of drug-likeness (QED) is 0.685. The molecule has 0 atom stereocenters. The standard InChI is InChI=1S/C15H10ClF3N4OS/c16-11-5-9(15(17,18)19)6-20-13(11)22-12(24)8-25-14-21-7-10-3-1-2-4-23(10)14/h1-7H,8H2,(H,20,22,24). The van der Waals surface area contributed by atoms with E-state index in [0.29, 0.717) is 11.4 Å². The highest BCUT2D eigenvalue weighted by Gasteiger charge is 2.31. The minimum absolute atomic E-state index is 0.00698. The molecule has 0 aliphatic carbocycles. The van der Waals surface area contributed by atoms with E-state index in [2.05, 4.69) is 15.3 Å². The molecule has 0 unspecified atom stereocenters. The van der Waals surface area contributed by atoms with Crippen LogP contribution in [0.25, 0.3) is 5.52 Å². The Kier molecular flexibility index (Phi) is 4.87. The number of hydrogen-bond acceptors (Lipinski definition) is 4. The molecule has 3 heterocycles. The van der Waals surface area contributed by atoms with Gasteiger partial charge in [-0.25, -0.2) is 9.97 Å². The summed E-state index contributed by atoms with van der Waals surface area (Å²) in [4.78, 5) is 19.8. The number of imidazole rings is 1. The van der Waals surface area contributed by atoms with Crippen LogP contribution in [0.5, 0.6) is 0 Å². The van der Waals surface area contributed by atoms with Crippen molar-refractivity contribution in [3.63, 3.8) is 0 Å². The molecule has 0 radical (unpaired) electrons. The minimum Gasteiger partial charge on any atom is -0.309 e. The number of amides is 1. The molecule has 3 aromatic heterocycles. The van der Waals surface area contributed by atoms with Crippen LogP contribution in [-0.2, 0) is 11.0 Å². The monoisotopic (exact) mass is 386 g/mol. The molecule has 130 valence electrons. The summed E-state index contributed by atoms with van der Waals surface area (Å²) in [7, 11) is 0. The maximum absolute atomic E-state index is 12.6. The smallest absolute Gasteiger partial charge is 0.309 e. The number of alkyl halides is 3. The molecule has 1 N–H and O–H groups in total. The van der Waals surface area contributed by atoms with Crippen LogP contribution in [0.3, 0.4) is 0 Å². The van der Waals surface area contributed by atoms with E-state index < -0.39 is 17.6 Å². The van der Waals surface area contributed by atoms with Crippen LogP contribution in [0.4, 0.5) is 19.0 Å². The summed E-state index contributed by atoms with van der Waals surface area (Å²) >= 11 is 6.94. The summed E-state index contributed by atoms with van der Waals surface area (Å²) < 4.78 is 39.5. The highest BCUT2D eigenvalue weighted by Crippen LogP contribution is 2.32. The van der Waals surface area contributed by atoms with E-state index in [0.717, 1.165) is 11.6 Å². The SMILES string of the molecule is O=C(CSc1ncc2ccccn12)Nc1ncc(C(F)(F)F)cc1Cl. The summed E-state index contributed by atoms with van der Waals surface area (Å²) in [5.74, 6) is -0.562. The van der Waals surface area contributed by atoms with E-state index in [4.69, 9.17) is 11.6 Å². The van der Waals surface area contributed by atoms with E-state index in [1.165, 1.54) is 11.8 Å². The van der Waals surface area contributed by atoms with Crippen LogP contribution in [0, 0.1) is 0 Å². The Hall–Kier alpha value is -2.26. The van der Waals surface area contributed by atoms with E-state index >= 15 is 0 Å². The van der Waals surface area contributed by atoms with Crippen molar-refractivity contribution < 1.29 is 18.0 Å². The molecule has 0 aromatic carbocycles. The fourth-order valence-corrected chi connectivity index (χ4v) is 2.99. The third-order valence-corrected chi connectivity index (χ3v) is 4.42. The van der Waals surface area contributed by atoms with Crippen LogP contribution in [0.1, 0.15) is 5.56 Å². The van der Waals surface area contributed by atoms with Crippen molar-refractivity contribution in [3.05, 3.63) is 53.4 Å². The highest BCUT2D eigenvalue weighted by atomic mass is 35.5. The predicted molar refractivity (Wildman–Crippen MR) is 88.8 cm³/mol. The maximum atomic E-state index is 12.6. The normalized spacial score (nSPS) is 11.7. The lowest BCUT2D eigenvalue weighted by molar-refractivity contribution is -0.137. The lowest BCUT2D eigenvalue weighted by Crippen LogP contribution is -2.16. The van der Waals surface area contributed by atoms with Crippen molar-refractivity contribution >= 4 is 40.6 Å². The molecule has 25 heavy (non-hydrogen) atoms. The molecule has 3 aromatic rings. The average molecular weight is 387 g/mol. The number of hydrogen-bond donors (Lipinski definition) is 1. The summed E-state index contributed by atoms with van der Waals surface area (Å²) in [6, 6.07) is 6.31. The van der Waals surface area contributed by atoms with Crippen LogP contribution in [0.2, 0.25) is 5.02 Å². The van der Waals surface area contributed by atoms with Crippen molar-refractivity contribution in [1.82, 2.24) is 14.4 Å². The fraction of sp³-hybridized carbons (Fsp3) is 0.133. The third-order valence-electron chi connectivity index (χ3n) is 3.16. The van der Waals surface area contributed by atoms with Gasteiger partial charge in [-0.15, -0.1) is 0 Å². The number of thioether (sulfide) groups is 1. The molecule has 0 aliphatic heterocycles. The number of aromatic nitrogens is 3. The van der Waals surface area contributed by atoms with Crippen molar-refractivity contribution in [3.8, 4) is 0 Å². The number of halogens is 4.